The quantitative estimate of drug-likeness (QED) is 0.765. The molecule has 0 aliphatic carbocycles. The number of carbonyl (C=O) groups is 1. The van der Waals surface area contributed by atoms with E-state index in [1.54, 1.807) is 12.3 Å². The highest BCUT2D eigenvalue weighted by molar-refractivity contribution is 5.74. The first-order chi connectivity index (χ1) is 10.2. The molecule has 1 aromatic carbocycles. The number of urea groups is 1. The minimum Gasteiger partial charge on any atom is -0.467 e. The number of carbonyl (C=O) groups excluding carboxylic acids is 1. The highest BCUT2D eigenvalue weighted by Gasteiger charge is 2.16. The van der Waals surface area contributed by atoms with Gasteiger partial charge in [0.15, 0.2) is 0 Å². The molecule has 0 spiro atoms. The predicted molar refractivity (Wildman–Crippen MR) is 79.7 cm³/mol. The van der Waals surface area contributed by atoms with E-state index in [2.05, 4.69) is 10.6 Å². The summed E-state index contributed by atoms with van der Waals surface area (Å²) in [6.45, 7) is 1.86. The van der Waals surface area contributed by atoms with E-state index in [4.69, 9.17) is 9.52 Å². The zero-order chi connectivity index (χ0) is 15.1. The molecule has 21 heavy (non-hydrogen) atoms. The van der Waals surface area contributed by atoms with Gasteiger partial charge in [-0.25, -0.2) is 4.79 Å². The van der Waals surface area contributed by atoms with E-state index in [0.29, 0.717) is 12.2 Å². The lowest BCUT2D eigenvalue weighted by Gasteiger charge is -2.20. The van der Waals surface area contributed by atoms with Gasteiger partial charge in [-0.15, -0.1) is 0 Å². The SMILES string of the molecule is CC(NC(=O)N[C@H](CCO)c1ccccc1)c1ccco1. The molecule has 2 atom stereocenters. The predicted octanol–water partition coefficient (Wildman–Crippen LogP) is 2.76. The number of hydrogen-bond acceptors (Lipinski definition) is 3. The third kappa shape index (κ3) is 4.36. The van der Waals surface area contributed by atoms with Crippen LogP contribution in [-0.2, 0) is 0 Å². The molecule has 5 nitrogen and oxygen atoms in total. The van der Waals surface area contributed by atoms with Crippen molar-refractivity contribution in [2.24, 2.45) is 0 Å². The molecule has 5 heteroatoms. The van der Waals surface area contributed by atoms with Crippen LogP contribution in [0.15, 0.2) is 53.1 Å². The van der Waals surface area contributed by atoms with Crippen LogP contribution < -0.4 is 10.6 Å². The average molecular weight is 288 g/mol. The largest absolute Gasteiger partial charge is 0.467 e. The number of aliphatic hydroxyl groups is 1. The second-order valence-electron chi connectivity index (χ2n) is 4.83. The number of nitrogens with one attached hydrogen (secondary N) is 2. The Morgan fingerprint density at radius 2 is 1.95 bits per heavy atom. The van der Waals surface area contributed by atoms with E-state index in [-0.39, 0.29) is 24.7 Å². The van der Waals surface area contributed by atoms with Crippen molar-refractivity contribution >= 4 is 6.03 Å². The minimum atomic E-state index is -0.291. The summed E-state index contributed by atoms with van der Waals surface area (Å²) in [7, 11) is 0. The Morgan fingerprint density at radius 3 is 2.57 bits per heavy atom. The van der Waals surface area contributed by atoms with Crippen molar-refractivity contribution in [3.8, 4) is 0 Å². The molecule has 2 rings (SSSR count). The summed E-state index contributed by atoms with van der Waals surface area (Å²) < 4.78 is 5.25. The Kier molecular flexibility index (Phi) is 5.40. The first-order valence-corrected chi connectivity index (χ1v) is 6.97. The normalized spacial score (nSPS) is 13.4. The fourth-order valence-electron chi connectivity index (χ4n) is 2.14. The molecule has 0 bridgehead atoms. The summed E-state index contributed by atoms with van der Waals surface area (Å²) in [5.41, 5.74) is 0.965. The van der Waals surface area contributed by atoms with Crippen LogP contribution in [0.4, 0.5) is 4.79 Å². The van der Waals surface area contributed by atoms with Gasteiger partial charge in [0, 0.05) is 6.61 Å². The maximum Gasteiger partial charge on any atom is 0.315 e. The number of furan rings is 1. The summed E-state index contributed by atoms with van der Waals surface area (Å²) in [6, 6.07) is 12.4. The fourth-order valence-corrected chi connectivity index (χ4v) is 2.14. The lowest BCUT2D eigenvalue weighted by molar-refractivity contribution is 0.225. The Bertz CT molecular complexity index is 540. The maximum atomic E-state index is 12.1. The van der Waals surface area contributed by atoms with Gasteiger partial charge in [-0.1, -0.05) is 30.3 Å². The molecule has 0 fully saturated rings. The molecule has 0 aliphatic heterocycles. The molecular formula is C16H20N2O3. The van der Waals surface area contributed by atoms with Crippen molar-refractivity contribution in [3.05, 3.63) is 60.1 Å². The van der Waals surface area contributed by atoms with Gasteiger partial charge in [0.25, 0.3) is 0 Å². The molecule has 1 unspecified atom stereocenters. The highest BCUT2D eigenvalue weighted by atomic mass is 16.3. The van der Waals surface area contributed by atoms with Gasteiger partial charge in [-0.05, 0) is 31.0 Å². The first kappa shape index (κ1) is 15.1. The van der Waals surface area contributed by atoms with Crippen LogP contribution in [0.1, 0.15) is 36.8 Å². The molecule has 0 radical (unpaired) electrons. The van der Waals surface area contributed by atoms with Gasteiger partial charge in [0.1, 0.15) is 5.76 Å². The average Bonchev–Trinajstić information content (AvgIpc) is 3.02. The van der Waals surface area contributed by atoms with Gasteiger partial charge >= 0.3 is 6.03 Å². The van der Waals surface area contributed by atoms with Crippen molar-refractivity contribution < 1.29 is 14.3 Å². The summed E-state index contributed by atoms with van der Waals surface area (Å²) in [6.07, 6.45) is 2.04. The van der Waals surface area contributed by atoms with Crippen molar-refractivity contribution in [2.75, 3.05) is 6.61 Å². The number of hydrogen-bond donors (Lipinski definition) is 3. The fraction of sp³-hybridized carbons (Fsp3) is 0.312. The zero-order valence-electron chi connectivity index (χ0n) is 12.0. The van der Waals surface area contributed by atoms with Gasteiger partial charge in [-0.3, -0.25) is 0 Å². The molecule has 0 saturated heterocycles. The first-order valence-electron chi connectivity index (χ1n) is 6.97. The molecule has 1 aromatic heterocycles. The molecular weight excluding hydrogens is 268 g/mol. The summed E-state index contributed by atoms with van der Waals surface area (Å²) in [5, 5.41) is 14.8. The topological polar surface area (TPSA) is 74.5 Å². The maximum absolute atomic E-state index is 12.1. The minimum absolute atomic E-state index is 0.00752. The molecule has 1 heterocycles. The lowest BCUT2D eigenvalue weighted by atomic mass is 10.0. The van der Waals surface area contributed by atoms with E-state index in [1.165, 1.54) is 0 Å². The zero-order valence-corrected chi connectivity index (χ0v) is 12.0. The second kappa shape index (κ2) is 7.50. The van der Waals surface area contributed by atoms with Crippen LogP contribution in [0, 0.1) is 0 Å². The number of rotatable bonds is 6. The summed E-state index contributed by atoms with van der Waals surface area (Å²) in [4.78, 5) is 12.1. The van der Waals surface area contributed by atoms with Crippen LogP contribution in [0.2, 0.25) is 0 Å². The molecule has 0 aliphatic rings. The van der Waals surface area contributed by atoms with Crippen LogP contribution in [0.5, 0.6) is 0 Å². The molecule has 2 aromatic rings. The number of benzene rings is 1. The van der Waals surface area contributed by atoms with E-state index in [1.807, 2.05) is 43.3 Å². The molecule has 3 N–H and O–H groups in total. The van der Waals surface area contributed by atoms with Gasteiger partial charge in [0.2, 0.25) is 0 Å². The third-order valence-corrected chi connectivity index (χ3v) is 3.24. The van der Waals surface area contributed by atoms with Gasteiger partial charge < -0.3 is 20.2 Å². The van der Waals surface area contributed by atoms with Gasteiger partial charge in [-0.2, -0.15) is 0 Å². The monoisotopic (exact) mass is 288 g/mol. The number of amides is 2. The highest BCUT2D eigenvalue weighted by Crippen LogP contribution is 2.17. The van der Waals surface area contributed by atoms with E-state index < -0.39 is 0 Å². The van der Waals surface area contributed by atoms with Crippen molar-refractivity contribution in [1.29, 1.82) is 0 Å². The summed E-state index contributed by atoms with van der Waals surface area (Å²) in [5.74, 6) is 0.698. The van der Waals surface area contributed by atoms with Crippen LogP contribution in [-0.4, -0.2) is 17.7 Å². The van der Waals surface area contributed by atoms with E-state index in [9.17, 15) is 4.79 Å². The van der Waals surface area contributed by atoms with Crippen LogP contribution in [0.25, 0.3) is 0 Å². The molecule has 112 valence electrons. The Morgan fingerprint density at radius 1 is 1.19 bits per heavy atom. The van der Waals surface area contributed by atoms with E-state index in [0.717, 1.165) is 5.56 Å². The molecule has 2 amide bonds. The van der Waals surface area contributed by atoms with Crippen LogP contribution in [0.3, 0.4) is 0 Å². The van der Waals surface area contributed by atoms with Crippen molar-refractivity contribution in [3.63, 3.8) is 0 Å². The third-order valence-electron chi connectivity index (χ3n) is 3.24. The Balaban J connectivity index is 1.95. The number of aliphatic hydroxyl groups excluding tert-OH is 1. The van der Waals surface area contributed by atoms with Crippen molar-refractivity contribution in [2.45, 2.75) is 25.4 Å². The summed E-state index contributed by atoms with van der Waals surface area (Å²) >= 11 is 0. The second-order valence-corrected chi connectivity index (χ2v) is 4.83. The Hall–Kier alpha value is -2.27. The van der Waals surface area contributed by atoms with Crippen molar-refractivity contribution in [1.82, 2.24) is 10.6 Å². The smallest absolute Gasteiger partial charge is 0.315 e. The molecule has 0 saturated carbocycles. The van der Waals surface area contributed by atoms with E-state index >= 15 is 0 Å². The van der Waals surface area contributed by atoms with Crippen LogP contribution >= 0.6 is 0 Å². The Labute approximate surface area is 124 Å². The standard InChI is InChI=1S/C16H20N2O3/c1-12(15-8-5-11-21-15)17-16(20)18-14(9-10-19)13-6-3-2-4-7-13/h2-8,11-12,14,19H,9-10H2,1H3,(H2,17,18,20)/t12?,14-/m1/s1. The lowest BCUT2D eigenvalue weighted by Crippen LogP contribution is -2.39. The van der Waals surface area contributed by atoms with Gasteiger partial charge in [0.05, 0.1) is 18.3 Å².